The number of hydrogen-bond donors (Lipinski definition) is 4. The van der Waals surface area contributed by atoms with Crippen LogP contribution in [-0.2, 0) is 32.7 Å². The van der Waals surface area contributed by atoms with E-state index in [1.165, 1.54) is 83.5 Å². The fourth-order valence-corrected chi connectivity index (χ4v) is 6.67. The summed E-state index contributed by atoms with van der Waals surface area (Å²) in [5, 5.41) is 20.7. The van der Waals surface area contributed by atoms with Crippen LogP contribution >= 0.6 is 7.82 Å². The Hall–Kier alpha value is -2.11. The molecule has 0 aromatic carbocycles. The lowest BCUT2D eigenvalue weighted by Gasteiger charge is -2.20. The summed E-state index contributed by atoms with van der Waals surface area (Å²) in [6, 6.07) is 0. The number of ether oxygens (including phenoxy) is 2. The Labute approximate surface area is 346 Å². The molecule has 3 unspecified atom stereocenters. The number of phosphoric ester groups is 1. The van der Waals surface area contributed by atoms with Crippen molar-refractivity contribution in [1.29, 1.82) is 0 Å². The molecule has 0 rings (SSSR count). The molecule has 0 saturated carbocycles. The van der Waals surface area contributed by atoms with Crippen LogP contribution in [0.1, 0.15) is 181 Å². The summed E-state index contributed by atoms with van der Waals surface area (Å²) >= 11 is 0. The number of rotatable bonds is 41. The number of nitrogens with two attached hydrogens (primary N) is 1. The average Bonchev–Trinajstić information content (AvgIpc) is 3.19. The number of hydrogen-bond acceptors (Lipinski definition) is 10. The van der Waals surface area contributed by atoms with Gasteiger partial charge in [0.1, 0.15) is 6.61 Å². The Morgan fingerprint density at radius 1 is 0.596 bits per heavy atom. The summed E-state index contributed by atoms with van der Waals surface area (Å²) in [4.78, 5) is 34.9. The first kappa shape index (κ1) is 54.9. The zero-order chi connectivity index (χ0) is 42.1. The van der Waals surface area contributed by atoms with Crippen molar-refractivity contribution in [3.63, 3.8) is 0 Å². The Bertz CT molecular complexity index is 1110. The molecule has 0 heterocycles. The molecule has 332 valence electrons. The molecule has 0 amide bonds. The Kier molecular flexibility index (Phi) is 39.2. The van der Waals surface area contributed by atoms with E-state index in [1.54, 1.807) is 0 Å². The number of aliphatic hydroxyl groups is 2. The summed E-state index contributed by atoms with van der Waals surface area (Å²) in [5.41, 5.74) is 5.33. The molecule has 0 bridgehead atoms. The summed E-state index contributed by atoms with van der Waals surface area (Å²) in [6.07, 6.45) is 38.8. The van der Waals surface area contributed by atoms with Crippen LogP contribution in [-0.4, -0.2) is 71.7 Å². The van der Waals surface area contributed by atoms with Gasteiger partial charge < -0.3 is 30.3 Å². The van der Waals surface area contributed by atoms with E-state index in [9.17, 15) is 29.3 Å². The van der Waals surface area contributed by atoms with Crippen molar-refractivity contribution in [3.8, 4) is 0 Å². The summed E-state index contributed by atoms with van der Waals surface area (Å²) < 4.78 is 32.6. The molecule has 0 aromatic heterocycles. The second kappa shape index (κ2) is 40.7. The van der Waals surface area contributed by atoms with Gasteiger partial charge in [0.2, 0.25) is 0 Å². The third-order valence-corrected chi connectivity index (χ3v) is 10.4. The molecular weight excluding hydrogens is 745 g/mol. The molecule has 0 fully saturated rings. The number of phosphoric acid groups is 1. The van der Waals surface area contributed by atoms with E-state index in [0.717, 1.165) is 44.9 Å². The normalized spacial score (nSPS) is 14.8. The second-order valence-electron chi connectivity index (χ2n) is 14.9. The van der Waals surface area contributed by atoms with Gasteiger partial charge in [0.05, 0.1) is 25.4 Å². The predicted molar refractivity (Wildman–Crippen MR) is 232 cm³/mol. The van der Waals surface area contributed by atoms with Gasteiger partial charge in [0, 0.05) is 19.4 Å². The highest BCUT2D eigenvalue weighted by Crippen LogP contribution is 2.43. The predicted octanol–water partition coefficient (Wildman–Crippen LogP) is 10.7. The van der Waals surface area contributed by atoms with Crippen LogP contribution < -0.4 is 5.73 Å². The number of esters is 2. The first-order chi connectivity index (χ1) is 27.6. The maximum atomic E-state index is 12.6. The van der Waals surface area contributed by atoms with E-state index in [-0.39, 0.29) is 45.4 Å². The standard InChI is InChI=1S/C45H82NO10P/c1-3-5-7-9-11-13-15-17-18-19-20-21-23-25-27-29-31-35-45(50)56-41(40-55-57(51,52)54-38-37-46)39-53-44(49)36-32-34-43(48)42(47)33-30-28-26-24-22-16-14-12-10-8-6-4-2/h12,14,17-18,22,24,28,30,41-43,47-48H,3-11,13,15-16,19-21,23,25-27,29,31-40,46H2,1-2H3,(H,51,52)/b14-12-,18-17-,24-22-,30-28-/t41-,42?,43?/m1/s1. The molecule has 57 heavy (non-hydrogen) atoms. The maximum Gasteiger partial charge on any atom is 0.472 e. The molecule has 5 N–H and O–H groups in total. The minimum absolute atomic E-state index is 0.0121. The molecule has 0 spiro atoms. The van der Waals surface area contributed by atoms with Crippen molar-refractivity contribution in [1.82, 2.24) is 0 Å². The second-order valence-corrected chi connectivity index (χ2v) is 16.3. The van der Waals surface area contributed by atoms with Crippen molar-refractivity contribution in [2.75, 3.05) is 26.4 Å². The highest BCUT2D eigenvalue weighted by Gasteiger charge is 2.26. The zero-order valence-electron chi connectivity index (χ0n) is 35.8. The molecule has 12 heteroatoms. The SMILES string of the molecule is CCCCC/C=C\C/C=C\C/C=C\CC(O)C(O)CCCC(=O)OC[C@H](COP(=O)(O)OCCN)OC(=O)CCCCCCCCC/C=C\CCCCCCCC. The van der Waals surface area contributed by atoms with Gasteiger partial charge in [-0.2, -0.15) is 0 Å². The van der Waals surface area contributed by atoms with E-state index < -0.39 is 44.7 Å². The third-order valence-electron chi connectivity index (χ3n) is 9.39. The average molecular weight is 828 g/mol. The minimum atomic E-state index is -4.45. The van der Waals surface area contributed by atoms with Crippen LogP contribution in [0.15, 0.2) is 48.6 Å². The summed E-state index contributed by atoms with van der Waals surface area (Å²) in [6.45, 7) is 3.36. The van der Waals surface area contributed by atoms with Crippen LogP contribution in [0.3, 0.4) is 0 Å². The van der Waals surface area contributed by atoms with Crippen LogP contribution in [0.25, 0.3) is 0 Å². The lowest BCUT2D eigenvalue weighted by Crippen LogP contribution is -2.30. The van der Waals surface area contributed by atoms with Crippen LogP contribution in [0.4, 0.5) is 0 Å². The van der Waals surface area contributed by atoms with E-state index in [0.29, 0.717) is 12.8 Å². The van der Waals surface area contributed by atoms with Crippen molar-refractivity contribution >= 4 is 19.8 Å². The van der Waals surface area contributed by atoms with E-state index in [1.807, 2.05) is 12.2 Å². The number of aliphatic hydroxyl groups excluding tert-OH is 2. The lowest BCUT2D eigenvalue weighted by atomic mass is 10.0. The van der Waals surface area contributed by atoms with Crippen LogP contribution in [0.5, 0.6) is 0 Å². The molecule has 11 nitrogen and oxygen atoms in total. The lowest BCUT2D eigenvalue weighted by molar-refractivity contribution is -0.161. The largest absolute Gasteiger partial charge is 0.472 e. The van der Waals surface area contributed by atoms with Gasteiger partial charge in [0.25, 0.3) is 0 Å². The molecule has 0 aliphatic heterocycles. The summed E-state index contributed by atoms with van der Waals surface area (Å²) in [7, 11) is -4.45. The number of unbranched alkanes of at least 4 members (excludes halogenated alkanes) is 16. The van der Waals surface area contributed by atoms with Gasteiger partial charge in [0.15, 0.2) is 6.10 Å². The summed E-state index contributed by atoms with van der Waals surface area (Å²) in [5.74, 6) is -1.12. The van der Waals surface area contributed by atoms with Crippen LogP contribution in [0, 0.1) is 0 Å². The van der Waals surface area contributed by atoms with Gasteiger partial charge >= 0.3 is 19.8 Å². The topological polar surface area (TPSA) is 175 Å². The molecule has 0 aromatic rings. The minimum Gasteiger partial charge on any atom is -0.462 e. The fraction of sp³-hybridized carbons (Fsp3) is 0.778. The van der Waals surface area contributed by atoms with Crippen molar-refractivity contribution in [2.24, 2.45) is 5.73 Å². The molecule has 0 aliphatic rings. The Morgan fingerprint density at radius 2 is 1.09 bits per heavy atom. The van der Waals surface area contributed by atoms with Gasteiger partial charge in [-0.3, -0.25) is 18.6 Å². The molecule has 0 aliphatic carbocycles. The van der Waals surface area contributed by atoms with Crippen molar-refractivity contribution in [3.05, 3.63) is 48.6 Å². The highest BCUT2D eigenvalue weighted by atomic mass is 31.2. The molecule has 0 saturated heterocycles. The first-order valence-corrected chi connectivity index (χ1v) is 23.8. The van der Waals surface area contributed by atoms with Crippen molar-refractivity contribution < 1.29 is 47.8 Å². The third kappa shape index (κ3) is 39.1. The Morgan fingerprint density at radius 3 is 1.70 bits per heavy atom. The van der Waals surface area contributed by atoms with Crippen molar-refractivity contribution in [2.45, 2.75) is 199 Å². The Balaban J connectivity index is 4.38. The zero-order valence-corrected chi connectivity index (χ0v) is 36.7. The molecule has 0 radical (unpaired) electrons. The van der Waals surface area contributed by atoms with Gasteiger partial charge in [-0.05, 0) is 77.0 Å². The van der Waals surface area contributed by atoms with E-state index >= 15 is 0 Å². The van der Waals surface area contributed by atoms with Gasteiger partial charge in [-0.15, -0.1) is 0 Å². The smallest absolute Gasteiger partial charge is 0.462 e. The quantitative estimate of drug-likeness (QED) is 0.0200. The van der Waals surface area contributed by atoms with Crippen LogP contribution in [0.2, 0.25) is 0 Å². The number of allylic oxidation sites excluding steroid dienone is 7. The highest BCUT2D eigenvalue weighted by molar-refractivity contribution is 7.47. The van der Waals surface area contributed by atoms with E-state index in [2.05, 4.69) is 50.3 Å². The first-order valence-electron chi connectivity index (χ1n) is 22.3. The monoisotopic (exact) mass is 828 g/mol. The number of carbonyl (C=O) groups excluding carboxylic acids is 2. The van der Waals surface area contributed by atoms with E-state index in [4.69, 9.17) is 24.3 Å². The molecular formula is C45H82NO10P. The van der Waals surface area contributed by atoms with Gasteiger partial charge in [-0.1, -0.05) is 140 Å². The molecule has 4 atom stereocenters. The maximum absolute atomic E-state index is 12.6. The fourth-order valence-electron chi connectivity index (χ4n) is 5.91. The number of carbonyl (C=O) groups is 2. The van der Waals surface area contributed by atoms with Gasteiger partial charge in [-0.25, -0.2) is 4.57 Å².